The van der Waals surface area contributed by atoms with Crippen LogP contribution in [0.25, 0.3) is 0 Å². The highest BCUT2D eigenvalue weighted by atomic mass is 16.3. The number of aliphatic hydroxyl groups is 1. The van der Waals surface area contributed by atoms with Crippen LogP contribution in [0, 0.1) is 5.92 Å². The minimum Gasteiger partial charge on any atom is -0.388 e. The molecule has 2 rings (SSSR count). The van der Waals surface area contributed by atoms with Crippen LogP contribution in [0.3, 0.4) is 0 Å². The Balaban J connectivity index is 2.16. The Labute approximate surface area is 96.9 Å². The summed E-state index contributed by atoms with van der Waals surface area (Å²) in [7, 11) is 2.10. The predicted molar refractivity (Wildman–Crippen MR) is 64.9 cm³/mol. The lowest BCUT2D eigenvalue weighted by Crippen LogP contribution is -2.19. The van der Waals surface area contributed by atoms with E-state index in [9.17, 15) is 5.11 Å². The molecule has 1 saturated heterocycles. The molecule has 0 bridgehead atoms. The Kier molecular flexibility index (Phi) is 3.59. The maximum absolute atomic E-state index is 10.4. The summed E-state index contributed by atoms with van der Waals surface area (Å²) >= 11 is 0. The van der Waals surface area contributed by atoms with Crippen molar-refractivity contribution in [2.45, 2.75) is 19.1 Å². The van der Waals surface area contributed by atoms with Gasteiger partial charge in [-0.1, -0.05) is 24.3 Å². The second-order valence-electron chi connectivity index (χ2n) is 4.66. The Hall–Kier alpha value is -0.900. The van der Waals surface area contributed by atoms with E-state index in [0.29, 0.717) is 12.5 Å². The maximum atomic E-state index is 10.4. The standard InChI is InChI=1S/C13H20N2O/c1-15-7-6-11(9-15)13(16)12-5-3-2-4-10(12)8-14/h2-5,11,13,16H,6-9,14H2,1H3. The van der Waals surface area contributed by atoms with Crippen LogP contribution < -0.4 is 5.73 Å². The van der Waals surface area contributed by atoms with Crippen LogP contribution >= 0.6 is 0 Å². The fourth-order valence-corrected chi connectivity index (χ4v) is 2.49. The van der Waals surface area contributed by atoms with Crippen molar-refractivity contribution in [2.24, 2.45) is 11.7 Å². The predicted octanol–water partition coefficient (Wildman–Crippen LogP) is 1.13. The summed E-state index contributed by atoms with van der Waals surface area (Å²) in [5.41, 5.74) is 7.76. The Morgan fingerprint density at radius 3 is 2.88 bits per heavy atom. The highest BCUT2D eigenvalue weighted by Gasteiger charge is 2.28. The highest BCUT2D eigenvalue weighted by molar-refractivity contribution is 5.29. The van der Waals surface area contributed by atoms with E-state index in [0.717, 1.165) is 30.6 Å². The average molecular weight is 220 g/mol. The van der Waals surface area contributed by atoms with Crippen LogP contribution in [0.2, 0.25) is 0 Å². The molecule has 3 nitrogen and oxygen atoms in total. The number of nitrogens with two attached hydrogens (primary N) is 1. The van der Waals surface area contributed by atoms with E-state index in [4.69, 9.17) is 5.73 Å². The SMILES string of the molecule is CN1CCC(C(O)c2ccccc2CN)C1. The molecular weight excluding hydrogens is 200 g/mol. The van der Waals surface area contributed by atoms with Gasteiger partial charge in [0.2, 0.25) is 0 Å². The third-order valence-corrected chi connectivity index (χ3v) is 3.47. The zero-order valence-corrected chi connectivity index (χ0v) is 9.76. The van der Waals surface area contributed by atoms with Crippen molar-refractivity contribution in [3.63, 3.8) is 0 Å². The van der Waals surface area contributed by atoms with Crippen molar-refractivity contribution in [3.8, 4) is 0 Å². The lowest BCUT2D eigenvalue weighted by molar-refractivity contribution is 0.112. The van der Waals surface area contributed by atoms with Crippen molar-refractivity contribution in [1.29, 1.82) is 0 Å². The van der Waals surface area contributed by atoms with Gasteiger partial charge in [-0.3, -0.25) is 0 Å². The molecule has 1 aromatic rings. The van der Waals surface area contributed by atoms with Gasteiger partial charge in [0, 0.05) is 19.0 Å². The first-order valence-electron chi connectivity index (χ1n) is 5.87. The molecule has 3 heteroatoms. The molecule has 0 aromatic heterocycles. The molecule has 16 heavy (non-hydrogen) atoms. The van der Waals surface area contributed by atoms with Gasteiger partial charge in [-0.15, -0.1) is 0 Å². The van der Waals surface area contributed by atoms with Crippen molar-refractivity contribution >= 4 is 0 Å². The highest BCUT2D eigenvalue weighted by Crippen LogP contribution is 2.30. The number of rotatable bonds is 3. The van der Waals surface area contributed by atoms with Gasteiger partial charge in [-0.2, -0.15) is 0 Å². The second-order valence-corrected chi connectivity index (χ2v) is 4.66. The van der Waals surface area contributed by atoms with Crippen molar-refractivity contribution in [1.82, 2.24) is 4.90 Å². The molecule has 0 aliphatic carbocycles. The van der Waals surface area contributed by atoms with Crippen molar-refractivity contribution in [2.75, 3.05) is 20.1 Å². The summed E-state index contributed by atoms with van der Waals surface area (Å²) in [6, 6.07) is 7.93. The van der Waals surface area contributed by atoms with Crippen LogP contribution in [-0.4, -0.2) is 30.1 Å². The number of likely N-dealkylation sites (tertiary alicyclic amines) is 1. The van der Waals surface area contributed by atoms with Gasteiger partial charge in [0.25, 0.3) is 0 Å². The second kappa shape index (κ2) is 4.95. The number of hydrogen-bond acceptors (Lipinski definition) is 3. The first-order valence-corrected chi connectivity index (χ1v) is 5.87. The van der Waals surface area contributed by atoms with E-state index in [-0.39, 0.29) is 6.10 Å². The molecule has 1 aliphatic rings. The van der Waals surface area contributed by atoms with Crippen molar-refractivity contribution < 1.29 is 5.11 Å². The van der Waals surface area contributed by atoms with Gasteiger partial charge < -0.3 is 15.7 Å². The number of hydrogen-bond donors (Lipinski definition) is 2. The summed E-state index contributed by atoms with van der Waals surface area (Å²) in [5.74, 6) is 0.345. The number of benzene rings is 1. The molecular formula is C13H20N2O. The first-order chi connectivity index (χ1) is 7.72. The summed E-state index contributed by atoms with van der Waals surface area (Å²) in [5, 5.41) is 10.4. The van der Waals surface area contributed by atoms with Crippen LogP contribution in [-0.2, 0) is 6.54 Å². The zero-order valence-electron chi connectivity index (χ0n) is 9.76. The average Bonchev–Trinajstić information content (AvgIpc) is 2.75. The minimum atomic E-state index is -0.371. The summed E-state index contributed by atoms with van der Waals surface area (Å²) in [6.07, 6.45) is 0.695. The molecule has 1 heterocycles. The monoisotopic (exact) mass is 220 g/mol. The summed E-state index contributed by atoms with van der Waals surface area (Å²) in [4.78, 5) is 2.26. The zero-order chi connectivity index (χ0) is 11.5. The quantitative estimate of drug-likeness (QED) is 0.803. The lowest BCUT2D eigenvalue weighted by Gasteiger charge is -2.20. The molecule has 88 valence electrons. The van der Waals surface area contributed by atoms with E-state index in [2.05, 4.69) is 11.9 Å². The Morgan fingerprint density at radius 2 is 2.25 bits per heavy atom. The van der Waals surface area contributed by atoms with Gasteiger partial charge in [0.1, 0.15) is 0 Å². The molecule has 0 radical (unpaired) electrons. The van der Waals surface area contributed by atoms with Crippen LogP contribution in [0.15, 0.2) is 24.3 Å². The van der Waals surface area contributed by atoms with Gasteiger partial charge in [-0.05, 0) is 31.1 Å². The van der Waals surface area contributed by atoms with E-state index in [1.807, 2.05) is 24.3 Å². The number of aliphatic hydroxyl groups excluding tert-OH is 1. The largest absolute Gasteiger partial charge is 0.388 e. The van der Waals surface area contributed by atoms with E-state index < -0.39 is 0 Å². The van der Waals surface area contributed by atoms with Crippen LogP contribution in [0.5, 0.6) is 0 Å². The minimum absolute atomic E-state index is 0.345. The van der Waals surface area contributed by atoms with E-state index >= 15 is 0 Å². The molecule has 3 N–H and O–H groups in total. The normalized spacial score (nSPS) is 23.6. The molecule has 2 unspecified atom stereocenters. The van der Waals surface area contributed by atoms with E-state index in [1.165, 1.54) is 0 Å². The molecule has 1 aromatic carbocycles. The molecule has 1 aliphatic heterocycles. The third kappa shape index (κ3) is 2.26. The van der Waals surface area contributed by atoms with Gasteiger partial charge >= 0.3 is 0 Å². The molecule has 1 fully saturated rings. The lowest BCUT2D eigenvalue weighted by atomic mass is 9.92. The van der Waals surface area contributed by atoms with Gasteiger partial charge in [0.05, 0.1) is 6.10 Å². The maximum Gasteiger partial charge on any atom is 0.0834 e. The topological polar surface area (TPSA) is 49.5 Å². The summed E-state index contributed by atoms with van der Waals surface area (Å²) < 4.78 is 0. The smallest absolute Gasteiger partial charge is 0.0834 e. The van der Waals surface area contributed by atoms with Crippen LogP contribution in [0.4, 0.5) is 0 Å². The Bertz CT molecular complexity index is 354. The third-order valence-electron chi connectivity index (χ3n) is 3.47. The Morgan fingerprint density at radius 1 is 1.50 bits per heavy atom. The fourth-order valence-electron chi connectivity index (χ4n) is 2.49. The molecule has 0 saturated carbocycles. The molecule has 0 spiro atoms. The van der Waals surface area contributed by atoms with Crippen molar-refractivity contribution in [3.05, 3.63) is 35.4 Å². The summed E-state index contributed by atoms with van der Waals surface area (Å²) in [6.45, 7) is 2.54. The molecule has 2 atom stereocenters. The van der Waals surface area contributed by atoms with Crippen LogP contribution in [0.1, 0.15) is 23.7 Å². The number of nitrogens with zero attached hydrogens (tertiary/aromatic N) is 1. The van der Waals surface area contributed by atoms with Gasteiger partial charge in [0.15, 0.2) is 0 Å². The molecule has 0 amide bonds. The fraction of sp³-hybridized carbons (Fsp3) is 0.538. The van der Waals surface area contributed by atoms with E-state index in [1.54, 1.807) is 0 Å². The first kappa shape index (κ1) is 11.6. The van der Waals surface area contributed by atoms with Gasteiger partial charge in [-0.25, -0.2) is 0 Å².